The third-order valence-corrected chi connectivity index (χ3v) is 4.65. The average Bonchev–Trinajstić information content (AvgIpc) is 2.91. The van der Waals surface area contributed by atoms with Crippen molar-refractivity contribution in [3.63, 3.8) is 0 Å². The molecule has 3 aliphatic rings. The van der Waals surface area contributed by atoms with E-state index in [0.29, 0.717) is 23.5 Å². The molecule has 3 fully saturated rings. The van der Waals surface area contributed by atoms with E-state index in [1.807, 2.05) is 12.3 Å². The summed E-state index contributed by atoms with van der Waals surface area (Å²) < 4.78 is 18.8. The van der Waals surface area contributed by atoms with E-state index in [-0.39, 0.29) is 5.82 Å². The molecule has 23 heavy (non-hydrogen) atoms. The summed E-state index contributed by atoms with van der Waals surface area (Å²) in [5, 5.41) is 3.61. The first-order valence-electron chi connectivity index (χ1n) is 8.13. The van der Waals surface area contributed by atoms with Crippen LogP contribution < -0.4 is 15.0 Å². The van der Waals surface area contributed by atoms with Crippen LogP contribution in [-0.2, 0) is 0 Å². The quantitative estimate of drug-likeness (QED) is 0.944. The van der Waals surface area contributed by atoms with Crippen LogP contribution in [0.2, 0.25) is 0 Å². The summed E-state index contributed by atoms with van der Waals surface area (Å²) in [4.78, 5) is 6.71. The van der Waals surface area contributed by atoms with Gasteiger partial charge in [0.2, 0.25) is 0 Å². The monoisotopic (exact) mass is 313 g/mol. The Hall–Kier alpha value is -2.14. The molecule has 0 radical (unpaired) electrons. The van der Waals surface area contributed by atoms with Crippen LogP contribution >= 0.6 is 0 Å². The van der Waals surface area contributed by atoms with Crippen LogP contribution in [0.4, 0.5) is 10.1 Å². The summed E-state index contributed by atoms with van der Waals surface area (Å²) in [7, 11) is 0. The van der Waals surface area contributed by atoms with Gasteiger partial charge in [-0.2, -0.15) is 0 Å². The smallest absolute Gasteiger partial charge is 0.147 e. The van der Waals surface area contributed by atoms with Crippen molar-refractivity contribution in [1.29, 1.82) is 0 Å². The zero-order valence-corrected chi connectivity index (χ0v) is 12.9. The summed E-state index contributed by atoms with van der Waals surface area (Å²) in [6.07, 6.45) is 6.13. The lowest BCUT2D eigenvalue weighted by Gasteiger charge is -2.24. The highest BCUT2D eigenvalue weighted by molar-refractivity contribution is 5.49. The number of piperidine rings is 1. The number of halogens is 1. The van der Waals surface area contributed by atoms with Crippen LogP contribution in [0.3, 0.4) is 0 Å². The fraction of sp³-hybridized carbons (Fsp3) is 0.389. The van der Waals surface area contributed by atoms with Gasteiger partial charge in [0.15, 0.2) is 0 Å². The van der Waals surface area contributed by atoms with Gasteiger partial charge in [-0.15, -0.1) is 0 Å². The summed E-state index contributed by atoms with van der Waals surface area (Å²) in [6, 6.07) is 8.61. The van der Waals surface area contributed by atoms with Crippen molar-refractivity contribution in [3.05, 3.63) is 48.5 Å². The minimum atomic E-state index is -0.267. The van der Waals surface area contributed by atoms with Crippen LogP contribution in [0.5, 0.6) is 11.5 Å². The lowest BCUT2D eigenvalue weighted by Crippen LogP contribution is -2.39. The van der Waals surface area contributed by atoms with Crippen LogP contribution in [0.15, 0.2) is 42.7 Å². The molecule has 0 spiro atoms. The van der Waals surface area contributed by atoms with Crippen LogP contribution in [0.1, 0.15) is 12.8 Å². The lowest BCUT2D eigenvalue weighted by molar-refractivity contribution is 0.360. The van der Waals surface area contributed by atoms with Crippen molar-refractivity contribution < 1.29 is 9.13 Å². The van der Waals surface area contributed by atoms with E-state index in [0.717, 1.165) is 25.3 Å². The number of rotatable bonds is 3. The highest BCUT2D eigenvalue weighted by Crippen LogP contribution is 2.29. The molecular weight excluding hydrogens is 293 g/mol. The molecule has 4 heterocycles. The molecule has 3 saturated heterocycles. The molecule has 3 aliphatic heterocycles. The molecule has 1 aromatic carbocycles. The Morgan fingerprint density at radius 3 is 2.74 bits per heavy atom. The van der Waals surface area contributed by atoms with Gasteiger partial charge < -0.3 is 15.0 Å². The molecule has 120 valence electrons. The SMILES string of the molecule is Fc1ccc(Oc2cncc(N3CC4CCC(C3)NC4)c2)cc1. The zero-order chi connectivity index (χ0) is 15.6. The molecule has 1 aromatic heterocycles. The minimum absolute atomic E-state index is 0.267. The van der Waals surface area contributed by atoms with Gasteiger partial charge >= 0.3 is 0 Å². The van der Waals surface area contributed by atoms with E-state index < -0.39 is 0 Å². The first-order chi connectivity index (χ1) is 11.3. The largest absolute Gasteiger partial charge is 0.456 e. The highest BCUT2D eigenvalue weighted by Gasteiger charge is 2.29. The van der Waals surface area contributed by atoms with Gasteiger partial charge in [-0.25, -0.2) is 4.39 Å². The fourth-order valence-corrected chi connectivity index (χ4v) is 3.42. The zero-order valence-electron chi connectivity index (χ0n) is 12.9. The number of nitrogens with one attached hydrogen (secondary N) is 1. The Morgan fingerprint density at radius 1 is 1.09 bits per heavy atom. The Labute approximate surface area is 135 Å². The van der Waals surface area contributed by atoms with E-state index in [4.69, 9.17) is 4.74 Å². The second kappa shape index (κ2) is 6.16. The van der Waals surface area contributed by atoms with Gasteiger partial charge in [0.1, 0.15) is 17.3 Å². The van der Waals surface area contributed by atoms with E-state index in [9.17, 15) is 4.39 Å². The minimum Gasteiger partial charge on any atom is -0.456 e. The summed E-state index contributed by atoms with van der Waals surface area (Å²) in [6.45, 7) is 3.18. The molecule has 2 bridgehead atoms. The molecule has 1 N–H and O–H groups in total. The van der Waals surface area contributed by atoms with Gasteiger partial charge in [0.05, 0.1) is 18.1 Å². The predicted molar refractivity (Wildman–Crippen MR) is 87.4 cm³/mol. The molecule has 5 rings (SSSR count). The van der Waals surface area contributed by atoms with Crippen molar-refractivity contribution in [2.24, 2.45) is 5.92 Å². The number of nitrogens with zero attached hydrogens (tertiary/aromatic N) is 2. The Kier molecular flexibility index (Phi) is 3.87. The Morgan fingerprint density at radius 2 is 1.96 bits per heavy atom. The number of aromatic nitrogens is 1. The normalized spacial score (nSPS) is 23.6. The number of pyridine rings is 1. The molecule has 4 nitrogen and oxygen atoms in total. The first kappa shape index (κ1) is 14.5. The maximum Gasteiger partial charge on any atom is 0.147 e. The van der Waals surface area contributed by atoms with Crippen molar-refractivity contribution in [3.8, 4) is 11.5 Å². The molecular formula is C18H20FN3O. The van der Waals surface area contributed by atoms with Crippen molar-refractivity contribution >= 4 is 5.69 Å². The van der Waals surface area contributed by atoms with Crippen molar-refractivity contribution in [2.75, 3.05) is 24.5 Å². The third kappa shape index (κ3) is 3.29. The van der Waals surface area contributed by atoms with Crippen molar-refractivity contribution in [2.45, 2.75) is 18.9 Å². The molecule has 5 heteroatoms. The Bertz CT molecular complexity index is 654. The van der Waals surface area contributed by atoms with E-state index in [1.165, 1.54) is 25.0 Å². The molecule has 0 aliphatic carbocycles. The number of benzene rings is 1. The van der Waals surface area contributed by atoms with Gasteiger partial charge in [-0.1, -0.05) is 0 Å². The maximum absolute atomic E-state index is 13.0. The number of hydrogen-bond acceptors (Lipinski definition) is 4. The van der Waals surface area contributed by atoms with Gasteiger partial charge in [-0.3, -0.25) is 4.98 Å². The maximum atomic E-state index is 13.0. The van der Waals surface area contributed by atoms with Crippen molar-refractivity contribution in [1.82, 2.24) is 10.3 Å². The first-order valence-corrected chi connectivity index (χ1v) is 8.13. The fourth-order valence-electron chi connectivity index (χ4n) is 3.42. The number of fused-ring (bicyclic) bond motifs is 4. The second-order valence-corrected chi connectivity index (χ2v) is 6.39. The molecule has 0 saturated carbocycles. The average molecular weight is 313 g/mol. The number of hydrogen-bond donors (Lipinski definition) is 1. The molecule has 0 amide bonds. The number of ether oxygens (including phenoxy) is 1. The predicted octanol–water partition coefficient (Wildman–Crippen LogP) is 3.20. The molecule has 2 unspecified atom stereocenters. The van der Waals surface area contributed by atoms with E-state index >= 15 is 0 Å². The number of anilines is 1. The Balaban J connectivity index is 1.52. The van der Waals surface area contributed by atoms with Gasteiger partial charge in [0.25, 0.3) is 0 Å². The molecule has 2 aromatic rings. The lowest BCUT2D eigenvalue weighted by atomic mass is 9.97. The summed E-state index contributed by atoms with van der Waals surface area (Å²) in [5.41, 5.74) is 1.09. The summed E-state index contributed by atoms with van der Waals surface area (Å²) in [5.74, 6) is 1.73. The van der Waals surface area contributed by atoms with E-state index in [2.05, 4.69) is 15.2 Å². The van der Waals surface area contributed by atoms with Gasteiger partial charge in [-0.05, 0) is 49.6 Å². The highest BCUT2D eigenvalue weighted by atomic mass is 19.1. The third-order valence-electron chi connectivity index (χ3n) is 4.65. The molecule has 2 atom stereocenters. The van der Waals surface area contributed by atoms with Crippen LogP contribution in [0.25, 0.3) is 0 Å². The van der Waals surface area contributed by atoms with E-state index in [1.54, 1.807) is 18.3 Å². The standard InChI is InChI=1S/C18H20FN3O/c19-14-2-5-17(6-3-14)23-18-7-16(9-20-10-18)22-11-13-1-4-15(12-22)21-8-13/h2-3,5-7,9-10,13,15,21H,1,4,8,11-12H2. The second-order valence-electron chi connectivity index (χ2n) is 6.39. The summed E-state index contributed by atoms with van der Waals surface area (Å²) >= 11 is 0. The van der Waals surface area contributed by atoms with Crippen LogP contribution in [-0.4, -0.2) is 30.7 Å². The van der Waals surface area contributed by atoms with Crippen LogP contribution in [0, 0.1) is 11.7 Å². The van der Waals surface area contributed by atoms with Gasteiger partial charge in [0, 0.05) is 25.2 Å². The topological polar surface area (TPSA) is 37.4 Å².